The van der Waals surface area contributed by atoms with Gasteiger partial charge in [-0.2, -0.15) is 5.26 Å². The van der Waals surface area contributed by atoms with E-state index in [1.807, 2.05) is 38.1 Å². The summed E-state index contributed by atoms with van der Waals surface area (Å²) in [6.45, 7) is 4.01. The van der Waals surface area contributed by atoms with E-state index < -0.39 is 0 Å². The van der Waals surface area contributed by atoms with Crippen molar-refractivity contribution in [2.45, 2.75) is 19.9 Å². The minimum Gasteiger partial charge on any atom is -0.370 e. The maximum Gasteiger partial charge on any atom is 0.116 e. The summed E-state index contributed by atoms with van der Waals surface area (Å²) < 4.78 is 0. The molecule has 14 heavy (non-hydrogen) atoms. The van der Waals surface area contributed by atoms with Crippen LogP contribution in [0, 0.1) is 17.2 Å². The van der Waals surface area contributed by atoms with Gasteiger partial charge in [0.05, 0.1) is 6.07 Å². The third-order valence-electron chi connectivity index (χ3n) is 1.95. The Morgan fingerprint density at radius 2 is 2.14 bits per heavy atom. The molecular weight excluding hydrogens is 196 g/mol. The zero-order valence-corrected chi connectivity index (χ0v) is 9.05. The molecule has 0 amide bonds. The van der Waals surface area contributed by atoms with Crippen molar-refractivity contribution in [1.29, 1.82) is 5.26 Å². The van der Waals surface area contributed by atoms with Gasteiger partial charge in [-0.25, -0.2) is 0 Å². The van der Waals surface area contributed by atoms with Gasteiger partial charge in [0.25, 0.3) is 0 Å². The molecule has 0 saturated heterocycles. The highest BCUT2D eigenvalue weighted by Crippen LogP contribution is 2.17. The van der Waals surface area contributed by atoms with Crippen molar-refractivity contribution >= 4 is 17.3 Å². The summed E-state index contributed by atoms with van der Waals surface area (Å²) in [5.41, 5.74) is 0.887. The third-order valence-corrected chi connectivity index (χ3v) is 2.19. The molecule has 0 aliphatic heterocycles. The predicted molar refractivity (Wildman–Crippen MR) is 59.3 cm³/mol. The zero-order chi connectivity index (χ0) is 10.6. The van der Waals surface area contributed by atoms with Crippen LogP contribution < -0.4 is 5.32 Å². The number of nitriles is 1. The van der Waals surface area contributed by atoms with Crippen LogP contribution in [0.3, 0.4) is 0 Å². The number of hydrogen-bond donors (Lipinski definition) is 1. The monoisotopic (exact) mass is 208 g/mol. The molecule has 1 unspecified atom stereocenters. The molecular formula is C11H13ClN2. The molecule has 1 atom stereocenters. The molecule has 3 heteroatoms. The first-order valence-corrected chi connectivity index (χ1v) is 4.93. The van der Waals surface area contributed by atoms with E-state index in [1.165, 1.54) is 0 Å². The maximum atomic E-state index is 8.88. The van der Waals surface area contributed by atoms with E-state index in [9.17, 15) is 0 Å². The van der Waals surface area contributed by atoms with Gasteiger partial charge in [0.1, 0.15) is 6.04 Å². The van der Waals surface area contributed by atoms with E-state index >= 15 is 0 Å². The van der Waals surface area contributed by atoms with Gasteiger partial charge in [0.15, 0.2) is 0 Å². The van der Waals surface area contributed by atoms with Crippen LogP contribution >= 0.6 is 11.6 Å². The Morgan fingerprint density at radius 3 is 2.64 bits per heavy atom. The summed E-state index contributed by atoms with van der Waals surface area (Å²) in [5.74, 6) is 0.277. The fraction of sp³-hybridized carbons (Fsp3) is 0.364. The summed E-state index contributed by atoms with van der Waals surface area (Å²) in [7, 11) is 0. The van der Waals surface area contributed by atoms with Gasteiger partial charge in [-0.15, -0.1) is 0 Å². The summed E-state index contributed by atoms with van der Waals surface area (Å²) in [6.07, 6.45) is 0. The first-order valence-electron chi connectivity index (χ1n) is 4.55. The molecule has 0 spiro atoms. The van der Waals surface area contributed by atoms with Gasteiger partial charge in [-0.1, -0.05) is 31.5 Å². The van der Waals surface area contributed by atoms with E-state index in [0.717, 1.165) is 5.69 Å². The second-order valence-electron chi connectivity index (χ2n) is 3.51. The molecule has 1 aromatic rings. The Bertz CT molecular complexity index is 341. The van der Waals surface area contributed by atoms with Crippen molar-refractivity contribution in [2.75, 3.05) is 5.32 Å². The number of rotatable bonds is 3. The molecule has 74 valence electrons. The van der Waals surface area contributed by atoms with Crippen LogP contribution in [0.5, 0.6) is 0 Å². The van der Waals surface area contributed by atoms with Crippen LogP contribution in [0.2, 0.25) is 5.02 Å². The van der Waals surface area contributed by atoms with Crippen LogP contribution in [-0.4, -0.2) is 6.04 Å². The normalized spacial score (nSPS) is 12.2. The molecule has 0 radical (unpaired) electrons. The highest BCUT2D eigenvalue weighted by Gasteiger charge is 2.11. The lowest BCUT2D eigenvalue weighted by atomic mass is 10.1. The summed E-state index contributed by atoms with van der Waals surface area (Å²) in [6, 6.07) is 9.43. The van der Waals surface area contributed by atoms with Crippen LogP contribution in [0.15, 0.2) is 24.3 Å². The Kier molecular flexibility index (Phi) is 3.79. The van der Waals surface area contributed by atoms with Crippen LogP contribution in [0.1, 0.15) is 13.8 Å². The van der Waals surface area contributed by atoms with Crippen molar-refractivity contribution in [2.24, 2.45) is 5.92 Å². The van der Waals surface area contributed by atoms with Gasteiger partial charge in [0.2, 0.25) is 0 Å². The lowest BCUT2D eigenvalue weighted by molar-refractivity contribution is 0.609. The smallest absolute Gasteiger partial charge is 0.116 e. The van der Waals surface area contributed by atoms with Crippen LogP contribution in [0.4, 0.5) is 5.69 Å². The number of halogens is 1. The largest absolute Gasteiger partial charge is 0.370 e. The van der Waals surface area contributed by atoms with Gasteiger partial charge in [-0.3, -0.25) is 0 Å². The van der Waals surface area contributed by atoms with Gasteiger partial charge in [-0.05, 0) is 24.1 Å². The summed E-state index contributed by atoms with van der Waals surface area (Å²) >= 11 is 5.83. The average molecular weight is 209 g/mol. The number of hydrogen-bond acceptors (Lipinski definition) is 2. The van der Waals surface area contributed by atoms with Crippen molar-refractivity contribution in [1.82, 2.24) is 0 Å². The molecule has 0 heterocycles. The molecule has 0 aliphatic carbocycles. The molecule has 0 aliphatic rings. The van der Waals surface area contributed by atoms with E-state index in [-0.39, 0.29) is 12.0 Å². The van der Waals surface area contributed by atoms with E-state index in [4.69, 9.17) is 16.9 Å². The zero-order valence-electron chi connectivity index (χ0n) is 8.29. The highest BCUT2D eigenvalue weighted by atomic mass is 35.5. The molecule has 1 aromatic carbocycles. The van der Waals surface area contributed by atoms with E-state index in [1.54, 1.807) is 0 Å². The van der Waals surface area contributed by atoms with Gasteiger partial charge >= 0.3 is 0 Å². The fourth-order valence-corrected chi connectivity index (χ4v) is 1.30. The standard InChI is InChI=1S/C11H13ClN2/c1-8(2)11(7-13)14-10-5-3-4-9(12)6-10/h3-6,8,11,14H,1-2H3. The topological polar surface area (TPSA) is 35.8 Å². The molecule has 0 bridgehead atoms. The fourth-order valence-electron chi connectivity index (χ4n) is 1.11. The lowest BCUT2D eigenvalue weighted by Gasteiger charge is -2.16. The molecule has 0 saturated carbocycles. The Balaban J connectivity index is 2.73. The summed E-state index contributed by atoms with van der Waals surface area (Å²) in [4.78, 5) is 0. The Morgan fingerprint density at radius 1 is 1.43 bits per heavy atom. The van der Waals surface area contributed by atoms with Gasteiger partial charge in [0, 0.05) is 10.7 Å². The number of nitrogens with one attached hydrogen (secondary N) is 1. The summed E-state index contributed by atoms with van der Waals surface area (Å²) in [5, 5.41) is 12.7. The second-order valence-corrected chi connectivity index (χ2v) is 3.94. The third kappa shape index (κ3) is 2.93. The number of benzene rings is 1. The molecule has 0 aromatic heterocycles. The number of anilines is 1. The SMILES string of the molecule is CC(C)C(C#N)Nc1cccc(Cl)c1. The van der Waals surface area contributed by atoms with Crippen LogP contribution in [-0.2, 0) is 0 Å². The van der Waals surface area contributed by atoms with E-state index in [0.29, 0.717) is 5.02 Å². The molecule has 1 N–H and O–H groups in total. The minimum atomic E-state index is -0.173. The van der Waals surface area contributed by atoms with Gasteiger partial charge < -0.3 is 5.32 Å². The van der Waals surface area contributed by atoms with E-state index in [2.05, 4.69) is 11.4 Å². The van der Waals surface area contributed by atoms with Crippen molar-refractivity contribution < 1.29 is 0 Å². The molecule has 1 rings (SSSR count). The molecule has 0 fully saturated rings. The van der Waals surface area contributed by atoms with Crippen molar-refractivity contribution in [3.05, 3.63) is 29.3 Å². The molecule has 2 nitrogen and oxygen atoms in total. The quantitative estimate of drug-likeness (QED) is 0.828. The minimum absolute atomic E-state index is 0.173. The van der Waals surface area contributed by atoms with Crippen molar-refractivity contribution in [3.63, 3.8) is 0 Å². The second kappa shape index (κ2) is 4.88. The Labute approximate surface area is 89.5 Å². The highest BCUT2D eigenvalue weighted by molar-refractivity contribution is 6.30. The average Bonchev–Trinajstić information content (AvgIpc) is 2.14. The maximum absolute atomic E-state index is 8.88. The Hall–Kier alpha value is -1.20. The predicted octanol–water partition coefficient (Wildman–Crippen LogP) is 3.30. The first-order chi connectivity index (χ1) is 6.63. The first kappa shape index (κ1) is 10.9. The lowest BCUT2D eigenvalue weighted by Crippen LogP contribution is -2.23. The van der Waals surface area contributed by atoms with Crippen LogP contribution in [0.25, 0.3) is 0 Å². The number of nitrogens with zero attached hydrogens (tertiary/aromatic N) is 1. The van der Waals surface area contributed by atoms with Crippen molar-refractivity contribution in [3.8, 4) is 6.07 Å².